The van der Waals surface area contributed by atoms with Crippen LogP contribution >= 0.6 is 0 Å². The second-order valence-corrected chi connectivity index (χ2v) is 7.36. The minimum atomic E-state index is -0.811. The fraction of sp³-hybridized carbons (Fsp3) is 0.160. The van der Waals surface area contributed by atoms with Gasteiger partial charge < -0.3 is 14.7 Å². The van der Waals surface area contributed by atoms with Gasteiger partial charge in [-0.3, -0.25) is 14.6 Å². The third-order valence-corrected chi connectivity index (χ3v) is 5.46. The number of ketones is 1. The highest BCUT2D eigenvalue weighted by Gasteiger charge is 2.46. The Morgan fingerprint density at radius 1 is 1.09 bits per heavy atom. The number of hydrogen-bond donors (Lipinski definition) is 1. The maximum Gasteiger partial charge on any atom is 0.295 e. The number of carbonyl (C=O) groups excluding carboxylic acids is 2. The van der Waals surface area contributed by atoms with Gasteiger partial charge >= 0.3 is 0 Å². The van der Waals surface area contributed by atoms with Crippen LogP contribution in [0.5, 0.6) is 5.75 Å². The molecular formula is C25H21FN2O4. The number of pyridine rings is 1. The Bertz CT molecular complexity index is 1180. The fourth-order valence-electron chi connectivity index (χ4n) is 3.88. The number of likely N-dealkylation sites (tertiary alicyclic amines) is 1. The summed E-state index contributed by atoms with van der Waals surface area (Å²) in [6.07, 6.45) is 3.57. The number of para-hydroxylation sites is 1. The molecule has 1 aromatic heterocycles. The summed E-state index contributed by atoms with van der Waals surface area (Å²) in [5.41, 5.74) is 1.72. The Balaban J connectivity index is 1.78. The first kappa shape index (κ1) is 21.2. The molecule has 0 radical (unpaired) electrons. The average molecular weight is 432 g/mol. The molecule has 0 aliphatic carbocycles. The van der Waals surface area contributed by atoms with Crippen molar-refractivity contribution >= 4 is 17.4 Å². The SMILES string of the molecule is COc1ccccc1/C(O)=C1/C(=O)C(=O)N(CCc2ccc(F)cc2)C1c1cccnc1. The maximum absolute atomic E-state index is 13.2. The van der Waals surface area contributed by atoms with E-state index in [4.69, 9.17) is 4.74 Å². The van der Waals surface area contributed by atoms with Crippen molar-refractivity contribution in [1.29, 1.82) is 0 Å². The van der Waals surface area contributed by atoms with Crippen molar-refractivity contribution < 1.29 is 23.8 Å². The molecule has 2 heterocycles. The quantitative estimate of drug-likeness (QED) is 0.363. The number of ether oxygens (including phenoxy) is 1. The van der Waals surface area contributed by atoms with Crippen molar-refractivity contribution in [2.24, 2.45) is 0 Å². The van der Waals surface area contributed by atoms with E-state index in [0.717, 1.165) is 5.56 Å². The van der Waals surface area contributed by atoms with Gasteiger partial charge in [0.25, 0.3) is 11.7 Å². The number of aliphatic hydroxyl groups excluding tert-OH is 1. The van der Waals surface area contributed by atoms with E-state index in [9.17, 15) is 19.1 Å². The number of Topliss-reactive ketones (excluding diaryl/α,β-unsaturated/α-hetero) is 1. The highest BCUT2D eigenvalue weighted by atomic mass is 19.1. The Labute approximate surface area is 184 Å². The number of hydrogen-bond acceptors (Lipinski definition) is 5. The van der Waals surface area contributed by atoms with E-state index in [2.05, 4.69) is 4.98 Å². The van der Waals surface area contributed by atoms with Crippen LogP contribution in [0.3, 0.4) is 0 Å². The summed E-state index contributed by atoms with van der Waals surface area (Å²) >= 11 is 0. The number of nitrogens with zero attached hydrogens (tertiary/aromatic N) is 2. The van der Waals surface area contributed by atoms with Crippen molar-refractivity contribution in [1.82, 2.24) is 9.88 Å². The molecule has 2 aromatic carbocycles. The molecule has 1 unspecified atom stereocenters. The van der Waals surface area contributed by atoms with Crippen LogP contribution < -0.4 is 4.74 Å². The van der Waals surface area contributed by atoms with Crippen LogP contribution in [0.25, 0.3) is 5.76 Å². The first-order chi connectivity index (χ1) is 15.5. The van der Waals surface area contributed by atoms with Gasteiger partial charge in [0.05, 0.1) is 24.3 Å². The number of rotatable bonds is 6. The van der Waals surface area contributed by atoms with E-state index in [1.807, 2.05) is 0 Å². The van der Waals surface area contributed by atoms with Crippen molar-refractivity contribution in [2.45, 2.75) is 12.5 Å². The number of carbonyl (C=O) groups is 2. The molecule has 1 N–H and O–H groups in total. The second-order valence-electron chi connectivity index (χ2n) is 7.36. The van der Waals surface area contributed by atoms with E-state index in [0.29, 0.717) is 23.3 Å². The second kappa shape index (κ2) is 9.01. The molecule has 7 heteroatoms. The molecule has 32 heavy (non-hydrogen) atoms. The van der Waals surface area contributed by atoms with Crippen molar-refractivity contribution in [3.63, 3.8) is 0 Å². The van der Waals surface area contributed by atoms with Gasteiger partial charge in [0.2, 0.25) is 0 Å². The molecule has 0 saturated carbocycles. The van der Waals surface area contributed by atoms with Gasteiger partial charge in [-0.15, -0.1) is 0 Å². The van der Waals surface area contributed by atoms with Gasteiger partial charge in [-0.25, -0.2) is 4.39 Å². The monoisotopic (exact) mass is 432 g/mol. The lowest BCUT2D eigenvalue weighted by Crippen LogP contribution is -2.31. The van der Waals surface area contributed by atoms with Crippen molar-refractivity contribution in [3.05, 3.63) is 101 Å². The molecular weight excluding hydrogens is 411 g/mol. The number of amides is 1. The lowest BCUT2D eigenvalue weighted by molar-refractivity contribution is -0.139. The number of halogens is 1. The lowest BCUT2D eigenvalue weighted by Gasteiger charge is -2.25. The minimum absolute atomic E-state index is 0.0217. The third kappa shape index (κ3) is 3.97. The van der Waals surface area contributed by atoms with Gasteiger partial charge in [0.15, 0.2) is 0 Å². The molecule has 162 valence electrons. The molecule has 6 nitrogen and oxygen atoms in total. The van der Waals surface area contributed by atoms with Crippen LogP contribution in [0.2, 0.25) is 0 Å². The molecule has 1 amide bonds. The topological polar surface area (TPSA) is 79.7 Å². The summed E-state index contributed by atoms with van der Waals surface area (Å²) in [6.45, 7) is 0.207. The van der Waals surface area contributed by atoms with Crippen LogP contribution in [0.4, 0.5) is 4.39 Å². The Kier molecular flexibility index (Phi) is 5.98. The Hall–Kier alpha value is -4.00. The predicted octanol–water partition coefficient (Wildman–Crippen LogP) is 3.89. The predicted molar refractivity (Wildman–Crippen MR) is 116 cm³/mol. The van der Waals surface area contributed by atoms with Crippen LogP contribution in [-0.2, 0) is 16.0 Å². The lowest BCUT2D eigenvalue weighted by atomic mass is 9.96. The molecule has 1 fully saturated rings. The normalized spacial score (nSPS) is 17.6. The largest absolute Gasteiger partial charge is 0.507 e. The number of aromatic nitrogens is 1. The zero-order valence-corrected chi connectivity index (χ0v) is 17.4. The summed E-state index contributed by atoms with van der Waals surface area (Å²) < 4.78 is 18.6. The van der Waals surface area contributed by atoms with Crippen LogP contribution in [0.15, 0.2) is 78.6 Å². The van der Waals surface area contributed by atoms with Gasteiger partial charge in [0.1, 0.15) is 17.3 Å². The Morgan fingerprint density at radius 3 is 2.53 bits per heavy atom. The van der Waals surface area contributed by atoms with E-state index >= 15 is 0 Å². The van der Waals surface area contributed by atoms with Gasteiger partial charge in [0, 0.05) is 18.9 Å². The van der Waals surface area contributed by atoms with E-state index < -0.39 is 17.7 Å². The highest BCUT2D eigenvalue weighted by molar-refractivity contribution is 6.46. The highest BCUT2D eigenvalue weighted by Crippen LogP contribution is 2.40. The molecule has 1 saturated heterocycles. The standard InChI is InChI=1S/C25H21FN2O4/c1-32-20-7-3-2-6-19(20)23(29)21-22(17-5-4-13-27-15-17)28(25(31)24(21)30)14-12-16-8-10-18(26)11-9-16/h2-11,13,15,22,29H,12,14H2,1H3/b23-21-. The number of aliphatic hydroxyl groups is 1. The zero-order valence-electron chi connectivity index (χ0n) is 17.4. The molecule has 3 aromatic rings. The maximum atomic E-state index is 13.2. The first-order valence-corrected chi connectivity index (χ1v) is 10.1. The average Bonchev–Trinajstić information content (AvgIpc) is 3.08. The van der Waals surface area contributed by atoms with Crippen LogP contribution in [0, 0.1) is 5.82 Å². The van der Waals surface area contributed by atoms with Crippen LogP contribution in [-0.4, -0.2) is 40.3 Å². The van der Waals surface area contributed by atoms with E-state index in [1.165, 1.54) is 24.1 Å². The third-order valence-electron chi connectivity index (χ3n) is 5.46. The summed E-state index contributed by atoms with van der Waals surface area (Å²) in [5, 5.41) is 11.1. The summed E-state index contributed by atoms with van der Waals surface area (Å²) in [6, 6.07) is 15.4. The fourth-order valence-corrected chi connectivity index (χ4v) is 3.88. The molecule has 1 aliphatic heterocycles. The molecule has 1 atom stereocenters. The summed E-state index contributed by atoms with van der Waals surface area (Å²) in [4.78, 5) is 31.6. The minimum Gasteiger partial charge on any atom is -0.507 e. The molecule has 0 spiro atoms. The molecule has 0 bridgehead atoms. The van der Waals surface area contributed by atoms with Crippen LogP contribution in [0.1, 0.15) is 22.7 Å². The van der Waals surface area contributed by atoms with Crippen molar-refractivity contribution in [2.75, 3.05) is 13.7 Å². The van der Waals surface area contributed by atoms with Gasteiger partial charge in [-0.05, 0) is 47.9 Å². The van der Waals surface area contributed by atoms with E-state index in [-0.39, 0.29) is 23.7 Å². The number of methoxy groups -OCH3 is 1. The van der Waals surface area contributed by atoms with Crippen molar-refractivity contribution in [3.8, 4) is 5.75 Å². The molecule has 4 rings (SSSR count). The van der Waals surface area contributed by atoms with Gasteiger partial charge in [-0.2, -0.15) is 0 Å². The summed E-state index contributed by atoms with van der Waals surface area (Å²) in [5.74, 6) is -1.76. The van der Waals surface area contributed by atoms with E-state index in [1.54, 1.807) is 60.9 Å². The first-order valence-electron chi connectivity index (χ1n) is 10.1. The zero-order chi connectivity index (χ0) is 22.7. The summed E-state index contributed by atoms with van der Waals surface area (Å²) in [7, 11) is 1.46. The Morgan fingerprint density at radius 2 is 1.84 bits per heavy atom. The molecule has 1 aliphatic rings. The smallest absolute Gasteiger partial charge is 0.295 e. The van der Waals surface area contributed by atoms with Gasteiger partial charge in [-0.1, -0.05) is 30.3 Å². The number of benzene rings is 2.